The standard InChI is InChI=1S/C12H16N2O2/c1-4-8(2)9-7-14-12-10(11(9)15-3)13-5-6-16-12/h4,7-8,13H,1,5-6H2,2-3H3. The molecule has 1 atom stereocenters. The van der Waals surface area contributed by atoms with Gasteiger partial charge >= 0.3 is 0 Å². The fraction of sp³-hybridized carbons (Fsp3) is 0.417. The Kier molecular flexibility index (Phi) is 2.99. The zero-order chi connectivity index (χ0) is 11.5. The van der Waals surface area contributed by atoms with Crippen LogP contribution in [-0.4, -0.2) is 25.2 Å². The Balaban J connectivity index is 2.51. The van der Waals surface area contributed by atoms with E-state index in [1.165, 1.54) is 0 Å². The van der Waals surface area contributed by atoms with Gasteiger partial charge in [0.25, 0.3) is 0 Å². The van der Waals surface area contributed by atoms with Crippen LogP contribution < -0.4 is 14.8 Å². The van der Waals surface area contributed by atoms with Gasteiger partial charge in [0.1, 0.15) is 12.3 Å². The molecule has 0 saturated carbocycles. The van der Waals surface area contributed by atoms with Crippen LogP contribution in [0.1, 0.15) is 18.4 Å². The molecule has 0 radical (unpaired) electrons. The van der Waals surface area contributed by atoms with E-state index in [-0.39, 0.29) is 5.92 Å². The van der Waals surface area contributed by atoms with Crippen LogP contribution in [0, 0.1) is 0 Å². The van der Waals surface area contributed by atoms with E-state index in [0.717, 1.165) is 23.5 Å². The molecule has 1 aliphatic rings. The molecule has 1 aromatic rings. The van der Waals surface area contributed by atoms with E-state index in [9.17, 15) is 0 Å². The minimum Gasteiger partial charge on any atom is -0.494 e. The Morgan fingerprint density at radius 1 is 1.69 bits per heavy atom. The van der Waals surface area contributed by atoms with Gasteiger partial charge in [-0.2, -0.15) is 0 Å². The third kappa shape index (κ3) is 1.71. The Morgan fingerprint density at radius 2 is 2.50 bits per heavy atom. The molecule has 1 aliphatic heterocycles. The minimum absolute atomic E-state index is 0.205. The van der Waals surface area contributed by atoms with Crippen molar-refractivity contribution in [3.63, 3.8) is 0 Å². The fourth-order valence-electron chi connectivity index (χ4n) is 1.75. The monoisotopic (exact) mass is 220 g/mol. The van der Waals surface area contributed by atoms with Crippen LogP contribution in [0.15, 0.2) is 18.9 Å². The first-order valence-electron chi connectivity index (χ1n) is 5.34. The number of hydrogen-bond donors (Lipinski definition) is 1. The molecule has 0 fully saturated rings. The van der Waals surface area contributed by atoms with Crippen molar-refractivity contribution >= 4 is 5.69 Å². The molecule has 4 nitrogen and oxygen atoms in total. The van der Waals surface area contributed by atoms with E-state index in [1.807, 2.05) is 6.08 Å². The van der Waals surface area contributed by atoms with Crippen molar-refractivity contribution in [2.24, 2.45) is 0 Å². The van der Waals surface area contributed by atoms with Gasteiger partial charge in [-0.3, -0.25) is 0 Å². The summed E-state index contributed by atoms with van der Waals surface area (Å²) in [5, 5.41) is 3.25. The summed E-state index contributed by atoms with van der Waals surface area (Å²) in [6, 6.07) is 0. The van der Waals surface area contributed by atoms with E-state index >= 15 is 0 Å². The zero-order valence-electron chi connectivity index (χ0n) is 9.62. The third-order valence-electron chi connectivity index (χ3n) is 2.71. The summed E-state index contributed by atoms with van der Waals surface area (Å²) >= 11 is 0. The Labute approximate surface area is 95.3 Å². The molecular weight excluding hydrogens is 204 g/mol. The largest absolute Gasteiger partial charge is 0.494 e. The highest BCUT2D eigenvalue weighted by Crippen LogP contribution is 2.40. The average molecular weight is 220 g/mol. The van der Waals surface area contributed by atoms with Crippen LogP contribution in [0.2, 0.25) is 0 Å². The number of anilines is 1. The second-order valence-corrected chi connectivity index (χ2v) is 3.73. The molecule has 1 N–H and O–H groups in total. The van der Waals surface area contributed by atoms with Crippen molar-refractivity contribution in [1.82, 2.24) is 4.98 Å². The minimum atomic E-state index is 0.205. The molecule has 86 valence electrons. The Morgan fingerprint density at radius 3 is 3.19 bits per heavy atom. The van der Waals surface area contributed by atoms with Crippen molar-refractivity contribution in [3.8, 4) is 11.6 Å². The van der Waals surface area contributed by atoms with Gasteiger partial charge in [-0.05, 0) is 0 Å². The molecule has 1 aromatic heterocycles. The molecule has 1 unspecified atom stereocenters. The predicted octanol–water partition coefficient (Wildman–Crippen LogP) is 2.18. The number of aromatic nitrogens is 1. The molecule has 2 heterocycles. The van der Waals surface area contributed by atoms with Crippen molar-refractivity contribution < 1.29 is 9.47 Å². The maximum absolute atomic E-state index is 5.45. The SMILES string of the molecule is C=CC(C)c1cnc2c(c1OC)NCCO2. The van der Waals surface area contributed by atoms with Crippen LogP contribution >= 0.6 is 0 Å². The summed E-state index contributed by atoms with van der Waals surface area (Å²) < 4.78 is 10.9. The predicted molar refractivity (Wildman–Crippen MR) is 63.4 cm³/mol. The Hall–Kier alpha value is -1.71. The summed E-state index contributed by atoms with van der Waals surface area (Å²) in [4.78, 5) is 4.28. The fourth-order valence-corrected chi connectivity index (χ4v) is 1.75. The van der Waals surface area contributed by atoms with E-state index < -0.39 is 0 Å². The Bertz CT molecular complexity index is 404. The number of pyridine rings is 1. The van der Waals surface area contributed by atoms with Crippen molar-refractivity contribution in [3.05, 3.63) is 24.4 Å². The molecule has 0 amide bonds. The van der Waals surface area contributed by atoms with Gasteiger partial charge in [0, 0.05) is 24.2 Å². The number of nitrogens with one attached hydrogen (secondary N) is 1. The summed E-state index contributed by atoms with van der Waals surface area (Å²) in [6.45, 7) is 7.26. The van der Waals surface area contributed by atoms with Gasteiger partial charge in [-0.25, -0.2) is 4.98 Å². The van der Waals surface area contributed by atoms with Crippen LogP contribution in [0.4, 0.5) is 5.69 Å². The number of nitrogens with zero attached hydrogens (tertiary/aromatic N) is 1. The lowest BCUT2D eigenvalue weighted by molar-refractivity contribution is 0.305. The number of allylic oxidation sites excluding steroid dienone is 1. The molecule has 0 spiro atoms. The van der Waals surface area contributed by atoms with E-state index in [0.29, 0.717) is 12.5 Å². The quantitative estimate of drug-likeness (QED) is 0.793. The molecule has 16 heavy (non-hydrogen) atoms. The number of rotatable bonds is 3. The smallest absolute Gasteiger partial charge is 0.241 e. The number of fused-ring (bicyclic) bond motifs is 1. The van der Waals surface area contributed by atoms with Crippen molar-refractivity contribution in [1.29, 1.82) is 0 Å². The summed E-state index contributed by atoms with van der Waals surface area (Å²) in [5.74, 6) is 1.62. The topological polar surface area (TPSA) is 43.4 Å². The highest BCUT2D eigenvalue weighted by Gasteiger charge is 2.21. The third-order valence-corrected chi connectivity index (χ3v) is 2.71. The van der Waals surface area contributed by atoms with E-state index in [1.54, 1.807) is 13.3 Å². The van der Waals surface area contributed by atoms with Gasteiger partial charge in [0.2, 0.25) is 5.88 Å². The highest BCUT2D eigenvalue weighted by atomic mass is 16.5. The molecule has 0 saturated heterocycles. The first kappa shape index (κ1) is 10.8. The maximum Gasteiger partial charge on any atom is 0.241 e. The normalized spacial score (nSPS) is 15.4. The van der Waals surface area contributed by atoms with Gasteiger partial charge in [-0.15, -0.1) is 6.58 Å². The first-order chi connectivity index (χ1) is 7.77. The van der Waals surface area contributed by atoms with Gasteiger partial charge in [-0.1, -0.05) is 13.0 Å². The lowest BCUT2D eigenvalue weighted by Gasteiger charge is -2.23. The van der Waals surface area contributed by atoms with Crippen LogP contribution in [-0.2, 0) is 0 Å². The number of hydrogen-bond acceptors (Lipinski definition) is 4. The van der Waals surface area contributed by atoms with Crippen LogP contribution in [0.3, 0.4) is 0 Å². The molecular formula is C12H16N2O2. The molecule has 0 aliphatic carbocycles. The van der Waals surface area contributed by atoms with Crippen LogP contribution in [0.5, 0.6) is 11.6 Å². The second kappa shape index (κ2) is 4.43. The second-order valence-electron chi connectivity index (χ2n) is 3.73. The lowest BCUT2D eigenvalue weighted by atomic mass is 10.0. The maximum atomic E-state index is 5.45. The van der Waals surface area contributed by atoms with E-state index in [2.05, 4.69) is 23.8 Å². The van der Waals surface area contributed by atoms with Gasteiger partial charge in [0.15, 0.2) is 5.75 Å². The van der Waals surface area contributed by atoms with Crippen molar-refractivity contribution in [2.75, 3.05) is 25.6 Å². The average Bonchev–Trinajstić information content (AvgIpc) is 2.36. The van der Waals surface area contributed by atoms with Crippen LogP contribution in [0.25, 0.3) is 0 Å². The molecule has 0 bridgehead atoms. The van der Waals surface area contributed by atoms with Gasteiger partial charge < -0.3 is 14.8 Å². The van der Waals surface area contributed by atoms with Crippen molar-refractivity contribution in [2.45, 2.75) is 12.8 Å². The first-order valence-corrected chi connectivity index (χ1v) is 5.34. The number of methoxy groups -OCH3 is 1. The molecule has 0 aromatic carbocycles. The molecule has 4 heteroatoms. The lowest BCUT2D eigenvalue weighted by Crippen LogP contribution is -2.20. The summed E-state index contributed by atoms with van der Waals surface area (Å²) in [6.07, 6.45) is 3.66. The highest BCUT2D eigenvalue weighted by molar-refractivity contribution is 5.67. The summed E-state index contributed by atoms with van der Waals surface area (Å²) in [5.41, 5.74) is 1.87. The molecule has 2 rings (SSSR count). The number of ether oxygens (including phenoxy) is 2. The zero-order valence-corrected chi connectivity index (χ0v) is 9.62. The van der Waals surface area contributed by atoms with E-state index in [4.69, 9.17) is 9.47 Å². The van der Waals surface area contributed by atoms with Gasteiger partial charge in [0.05, 0.1) is 7.11 Å². The summed E-state index contributed by atoms with van der Waals surface area (Å²) in [7, 11) is 1.66.